The van der Waals surface area contributed by atoms with Crippen molar-refractivity contribution < 1.29 is 9.53 Å². The number of benzene rings is 2. The van der Waals surface area contributed by atoms with Crippen molar-refractivity contribution in [1.29, 1.82) is 0 Å². The summed E-state index contributed by atoms with van der Waals surface area (Å²) in [6, 6.07) is 15.6. The highest BCUT2D eigenvalue weighted by atomic mass is 79.9. The fraction of sp³-hybridized carbons (Fsp3) is 0.304. The molecule has 0 radical (unpaired) electrons. The van der Waals surface area contributed by atoms with Crippen molar-refractivity contribution in [3.8, 4) is 5.75 Å². The molecule has 0 aliphatic carbocycles. The molecule has 0 bridgehead atoms. The molecule has 4 nitrogen and oxygen atoms in total. The maximum atomic E-state index is 13.1. The largest absolute Gasteiger partial charge is 0.486 e. The van der Waals surface area contributed by atoms with Gasteiger partial charge in [-0.2, -0.15) is 0 Å². The first-order valence-electron chi connectivity index (χ1n) is 9.66. The second-order valence-electron chi connectivity index (χ2n) is 6.99. The van der Waals surface area contributed by atoms with E-state index in [1.807, 2.05) is 65.7 Å². The van der Waals surface area contributed by atoms with Gasteiger partial charge in [0.05, 0.1) is 12.2 Å². The first-order chi connectivity index (χ1) is 14.0. The molecular weight excluding hydrogens is 448 g/mol. The van der Waals surface area contributed by atoms with Crippen molar-refractivity contribution in [3.63, 3.8) is 0 Å². The third-order valence-electron chi connectivity index (χ3n) is 4.83. The van der Waals surface area contributed by atoms with E-state index in [4.69, 9.17) is 9.72 Å². The molecule has 1 aromatic heterocycles. The highest BCUT2D eigenvalue weighted by Crippen LogP contribution is 2.22. The van der Waals surface area contributed by atoms with Crippen LogP contribution in [0.1, 0.15) is 46.9 Å². The van der Waals surface area contributed by atoms with Crippen LogP contribution in [0, 0.1) is 6.92 Å². The van der Waals surface area contributed by atoms with Crippen LogP contribution in [0.2, 0.25) is 0 Å². The van der Waals surface area contributed by atoms with Gasteiger partial charge in [-0.15, -0.1) is 11.3 Å². The zero-order chi connectivity index (χ0) is 20.8. The number of carbonyl (C=O) groups excluding carboxylic acids is 1. The van der Waals surface area contributed by atoms with Gasteiger partial charge in [0.2, 0.25) is 0 Å². The zero-order valence-electron chi connectivity index (χ0n) is 16.9. The predicted molar refractivity (Wildman–Crippen MR) is 121 cm³/mol. The molecule has 0 unspecified atom stereocenters. The summed E-state index contributed by atoms with van der Waals surface area (Å²) in [5.41, 5.74) is 2.67. The van der Waals surface area contributed by atoms with Crippen molar-refractivity contribution in [2.24, 2.45) is 0 Å². The van der Waals surface area contributed by atoms with Gasteiger partial charge < -0.3 is 9.64 Å². The average Bonchev–Trinajstić information content (AvgIpc) is 3.18. The summed E-state index contributed by atoms with van der Waals surface area (Å²) in [7, 11) is 0. The Labute approximate surface area is 184 Å². The average molecular weight is 473 g/mol. The summed E-state index contributed by atoms with van der Waals surface area (Å²) in [4.78, 5) is 19.7. The van der Waals surface area contributed by atoms with E-state index < -0.39 is 0 Å². The normalized spacial score (nSPS) is 11.9. The van der Waals surface area contributed by atoms with Gasteiger partial charge in [0.1, 0.15) is 17.4 Å². The van der Waals surface area contributed by atoms with Crippen LogP contribution in [0.4, 0.5) is 0 Å². The van der Waals surface area contributed by atoms with Crippen LogP contribution >= 0.6 is 27.3 Å². The van der Waals surface area contributed by atoms with Crippen LogP contribution in [0.15, 0.2) is 58.4 Å². The number of halogens is 1. The fourth-order valence-electron chi connectivity index (χ4n) is 2.96. The molecule has 0 fully saturated rings. The van der Waals surface area contributed by atoms with Crippen molar-refractivity contribution in [2.45, 2.75) is 46.4 Å². The van der Waals surface area contributed by atoms with E-state index in [1.54, 1.807) is 11.3 Å². The van der Waals surface area contributed by atoms with E-state index in [2.05, 4.69) is 29.8 Å². The monoisotopic (exact) mass is 472 g/mol. The third-order valence-corrected chi connectivity index (χ3v) is 6.20. The molecule has 152 valence electrons. The third kappa shape index (κ3) is 5.67. The zero-order valence-corrected chi connectivity index (χ0v) is 19.3. The van der Waals surface area contributed by atoms with Gasteiger partial charge in [-0.05, 0) is 50.1 Å². The number of rotatable bonds is 8. The van der Waals surface area contributed by atoms with E-state index in [-0.39, 0.29) is 11.9 Å². The first-order valence-corrected chi connectivity index (χ1v) is 11.3. The molecule has 0 saturated heterocycles. The Morgan fingerprint density at radius 3 is 2.76 bits per heavy atom. The smallest absolute Gasteiger partial charge is 0.254 e. The molecule has 0 aliphatic heterocycles. The van der Waals surface area contributed by atoms with Crippen LogP contribution in [0.5, 0.6) is 5.75 Å². The number of aromatic nitrogens is 1. The minimum atomic E-state index is 0.0198. The van der Waals surface area contributed by atoms with Crippen molar-refractivity contribution in [1.82, 2.24) is 9.88 Å². The number of hydrogen-bond acceptors (Lipinski definition) is 4. The first kappa shape index (κ1) is 21.5. The van der Waals surface area contributed by atoms with Gasteiger partial charge in [0, 0.05) is 21.5 Å². The highest BCUT2D eigenvalue weighted by molar-refractivity contribution is 9.10. The van der Waals surface area contributed by atoms with Crippen LogP contribution in [-0.2, 0) is 13.2 Å². The molecule has 0 N–H and O–H groups in total. The van der Waals surface area contributed by atoms with Gasteiger partial charge in [-0.25, -0.2) is 4.98 Å². The Kier molecular flexibility index (Phi) is 7.45. The maximum Gasteiger partial charge on any atom is 0.254 e. The highest BCUT2D eigenvalue weighted by Gasteiger charge is 2.22. The van der Waals surface area contributed by atoms with Crippen molar-refractivity contribution >= 4 is 33.2 Å². The number of para-hydroxylation sites is 1. The minimum absolute atomic E-state index is 0.0198. The van der Waals surface area contributed by atoms with E-state index in [0.29, 0.717) is 18.7 Å². The summed E-state index contributed by atoms with van der Waals surface area (Å²) in [6.45, 7) is 7.11. The van der Waals surface area contributed by atoms with Gasteiger partial charge in [0.15, 0.2) is 0 Å². The molecule has 1 heterocycles. The molecular formula is C23H25BrN2O2S. The van der Waals surface area contributed by atoms with Gasteiger partial charge in [-0.3, -0.25) is 4.79 Å². The lowest BCUT2D eigenvalue weighted by Crippen LogP contribution is -2.37. The SMILES string of the molecule is CC[C@H](C)N(Cc1csc(COc2ccccc2C)n1)C(=O)c1cccc(Br)c1. The fourth-order valence-corrected chi connectivity index (χ4v) is 4.05. The Hall–Kier alpha value is -2.18. The number of nitrogens with zero attached hydrogens (tertiary/aromatic N) is 2. The summed E-state index contributed by atoms with van der Waals surface area (Å²) >= 11 is 5.01. The van der Waals surface area contributed by atoms with E-state index in [1.165, 1.54) is 0 Å². The Morgan fingerprint density at radius 2 is 2.03 bits per heavy atom. The maximum absolute atomic E-state index is 13.1. The number of aryl methyl sites for hydroxylation is 1. The number of hydrogen-bond donors (Lipinski definition) is 0. The van der Waals surface area contributed by atoms with Gasteiger partial charge >= 0.3 is 0 Å². The predicted octanol–water partition coefficient (Wildman–Crippen LogP) is 6.23. The number of amides is 1. The van der Waals surface area contributed by atoms with Crippen molar-refractivity contribution in [3.05, 3.63) is 80.2 Å². The van der Waals surface area contributed by atoms with Crippen LogP contribution < -0.4 is 4.74 Å². The Balaban J connectivity index is 1.70. The quantitative estimate of drug-likeness (QED) is 0.389. The van der Waals surface area contributed by atoms with Gasteiger partial charge in [-0.1, -0.05) is 47.1 Å². The molecule has 0 spiro atoms. The lowest BCUT2D eigenvalue weighted by Gasteiger charge is -2.28. The number of carbonyl (C=O) groups is 1. The molecule has 0 saturated carbocycles. The van der Waals surface area contributed by atoms with Crippen LogP contribution in [-0.4, -0.2) is 21.8 Å². The van der Waals surface area contributed by atoms with E-state index in [9.17, 15) is 4.79 Å². The van der Waals surface area contributed by atoms with Gasteiger partial charge in [0.25, 0.3) is 5.91 Å². The number of ether oxygens (including phenoxy) is 1. The summed E-state index contributed by atoms with van der Waals surface area (Å²) in [6.07, 6.45) is 0.882. The molecule has 0 aliphatic rings. The van der Waals surface area contributed by atoms with E-state index >= 15 is 0 Å². The Bertz CT molecular complexity index is 973. The minimum Gasteiger partial charge on any atom is -0.486 e. The molecule has 2 aromatic carbocycles. The van der Waals surface area contributed by atoms with Crippen molar-refractivity contribution in [2.75, 3.05) is 0 Å². The van der Waals surface area contributed by atoms with Crippen LogP contribution in [0.25, 0.3) is 0 Å². The molecule has 3 aromatic rings. The standard InChI is InChI=1S/C23H25BrN2O2S/c1-4-17(3)26(23(27)18-9-7-10-19(24)12-18)13-20-15-29-22(25-20)14-28-21-11-6-5-8-16(21)2/h5-12,15,17H,4,13-14H2,1-3H3/t17-/m0/s1. The lowest BCUT2D eigenvalue weighted by molar-refractivity contribution is 0.0669. The Morgan fingerprint density at radius 1 is 1.24 bits per heavy atom. The summed E-state index contributed by atoms with van der Waals surface area (Å²) in [5, 5.41) is 2.92. The molecule has 6 heteroatoms. The van der Waals surface area contributed by atoms with E-state index in [0.717, 1.165) is 32.9 Å². The summed E-state index contributed by atoms with van der Waals surface area (Å²) < 4.78 is 6.80. The lowest BCUT2D eigenvalue weighted by atomic mass is 10.1. The topological polar surface area (TPSA) is 42.4 Å². The second-order valence-corrected chi connectivity index (χ2v) is 8.85. The molecule has 1 amide bonds. The molecule has 1 atom stereocenters. The number of thiazole rings is 1. The summed E-state index contributed by atoms with van der Waals surface area (Å²) in [5.74, 6) is 0.890. The molecule has 3 rings (SSSR count). The second kappa shape index (κ2) is 10.0. The van der Waals surface area contributed by atoms with Crippen LogP contribution in [0.3, 0.4) is 0 Å². The molecule has 29 heavy (non-hydrogen) atoms.